The molecule has 0 bridgehead atoms. The minimum atomic E-state index is -0.281. The normalized spacial score (nSPS) is 14.2. The van der Waals surface area contributed by atoms with Gasteiger partial charge in [-0.3, -0.25) is 9.59 Å². The van der Waals surface area contributed by atoms with Crippen molar-refractivity contribution >= 4 is 23.2 Å². The topological polar surface area (TPSA) is 83.7 Å². The number of amides is 2. The zero-order chi connectivity index (χ0) is 22.7. The summed E-state index contributed by atoms with van der Waals surface area (Å²) in [5.41, 5.74) is 8.83. The Morgan fingerprint density at radius 1 is 1.03 bits per heavy atom. The number of carbonyl (C=O) groups excluding carboxylic acids is 2. The van der Waals surface area contributed by atoms with Gasteiger partial charge in [-0.15, -0.1) is 0 Å². The zero-order valence-corrected chi connectivity index (χ0v) is 18.6. The lowest BCUT2D eigenvalue weighted by atomic mass is 9.93. The van der Waals surface area contributed by atoms with Gasteiger partial charge in [0.2, 0.25) is 5.91 Å². The second-order valence-corrected chi connectivity index (χ2v) is 8.24. The molecule has 164 valence electrons. The van der Waals surface area contributed by atoms with E-state index >= 15 is 0 Å². The highest BCUT2D eigenvalue weighted by Gasteiger charge is 2.28. The Kier molecular flexibility index (Phi) is 6.21. The van der Waals surface area contributed by atoms with Gasteiger partial charge in [-0.2, -0.15) is 5.10 Å². The Morgan fingerprint density at radius 3 is 2.56 bits per heavy atom. The fraction of sp³-hybridized carbons (Fsp3) is 0.269. The predicted molar refractivity (Wildman–Crippen MR) is 125 cm³/mol. The van der Waals surface area contributed by atoms with Crippen LogP contribution in [0, 0.1) is 20.8 Å². The molecule has 1 heterocycles. The van der Waals surface area contributed by atoms with Crippen LogP contribution in [0.2, 0.25) is 0 Å². The summed E-state index contributed by atoms with van der Waals surface area (Å²) in [6.07, 6.45) is 2.57. The maximum absolute atomic E-state index is 13.0. The molecular formula is C26H27N3O3. The standard InChI is InChI=1S/C26H27N3O3/c1-16-12-13-20(17(2)14-16)27-26(31)25-18(3)24-21(10-7-11-22(24)32-25)28-29-23(30)15-19-8-5-4-6-9-19/h4-6,8-9,12-14H,7,10-11,15H2,1-3H3,(H,27,31)(H,29,30)/b28-21+. The molecule has 32 heavy (non-hydrogen) atoms. The molecule has 0 radical (unpaired) electrons. The first kappa shape index (κ1) is 21.6. The third kappa shape index (κ3) is 4.64. The van der Waals surface area contributed by atoms with Crippen LogP contribution in [-0.4, -0.2) is 17.5 Å². The van der Waals surface area contributed by atoms with Crippen LogP contribution < -0.4 is 10.7 Å². The van der Waals surface area contributed by atoms with Crippen molar-refractivity contribution in [1.29, 1.82) is 0 Å². The maximum atomic E-state index is 13.0. The highest BCUT2D eigenvalue weighted by Crippen LogP contribution is 2.30. The van der Waals surface area contributed by atoms with Crippen LogP contribution in [0.3, 0.4) is 0 Å². The highest BCUT2D eigenvalue weighted by atomic mass is 16.4. The average Bonchev–Trinajstić information content (AvgIpc) is 3.12. The minimum Gasteiger partial charge on any atom is -0.455 e. The van der Waals surface area contributed by atoms with Crippen molar-refractivity contribution in [3.63, 3.8) is 0 Å². The number of anilines is 1. The van der Waals surface area contributed by atoms with Crippen molar-refractivity contribution in [3.8, 4) is 0 Å². The number of rotatable bonds is 5. The number of hydrazone groups is 1. The van der Waals surface area contributed by atoms with Gasteiger partial charge < -0.3 is 9.73 Å². The summed E-state index contributed by atoms with van der Waals surface area (Å²) in [7, 11) is 0. The summed E-state index contributed by atoms with van der Waals surface area (Å²) >= 11 is 0. The van der Waals surface area contributed by atoms with E-state index < -0.39 is 0 Å². The molecule has 0 unspecified atom stereocenters. The number of nitrogens with one attached hydrogen (secondary N) is 2. The van der Waals surface area contributed by atoms with Gasteiger partial charge in [0.15, 0.2) is 5.76 Å². The molecule has 2 amide bonds. The monoisotopic (exact) mass is 429 g/mol. The number of fused-ring (bicyclic) bond motifs is 1. The van der Waals surface area contributed by atoms with E-state index in [1.54, 1.807) is 0 Å². The number of hydrogen-bond acceptors (Lipinski definition) is 4. The van der Waals surface area contributed by atoms with Gasteiger partial charge in [0.25, 0.3) is 5.91 Å². The molecule has 0 aliphatic heterocycles. The van der Waals surface area contributed by atoms with E-state index in [2.05, 4.69) is 15.8 Å². The summed E-state index contributed by atoms with van der Waals surface area (Å²) < 4.78 is 5.96. The summed E-state index contributed by atoms with van der Waals surface area (Å²) in [6.45, 7) is 5.85. The van der Waals surface area contributed by atoms with Gasteiger partial charge in [0.05, 0.1) is 12.1 Å². The van der Waals surface area contributed by atoms with Crippen LogP contribution in [0.5, 0.6) is 0 Å². The Hall–Kier alpha value is -3.67. The average molecular weight is 430 g/mol. The van der Waals surface area contributed by atoms with Crippen LogP contribution in [0.15, 0.2) is 58.0 Å². The van der Waals surface area contributed by atoms with Gasteiger partial charge in [-0.25, -0.2) is 5.43 Å². The Labute approximate surface area is 187 Å². The van der Waals surface area contributed by atoms with E-state index in [0.717, 1.165) is 64.2 Å². The number of furan rings is 1. The lowest BCUT2D eigenvalue weighted by Crippen LogP contribution is -2.23. The fourth-order valence-corrected chi connectivity index (χ4v) is 4.08. The second-order valence-electron chi connectivity index (χ2n) is 8.24. The van der Waals surface area contributed by atoms with E-state index in [-0.39, 0.29) is 18.2 Å². The molecule has 6 heteroatoms. The predicted octanol–water partition coefficient (Wildman–Crippen LogP) is 4.86. The molecule has 1 aliphatic carbocycles. The van der Waals surface area contributed by atoms with Gasteiger partial charge in [-0.05, 0) is 50.8 Å². The van der Waals surface area contributed by atoms with E-state index in [9.17, 15) is 9.59 Å². The van der Waals surface area contributed by atoms with Crippen LogP contribution in [0.1, 0.15) is 57.0 Å². The molecule has 0 spiro atoms. The largest absolute Gasteiger partial charge is 0.455 e. The van der Waals surface area contributed by atoms with Crippen molar-refractivity contribution in [1.82, 2.24) is 5.43 Å². The van der Waals surface area contributed by atoms with Crippen LogP contribution in [-0.2, 0) is 17.6 Å². The Bertz CT molecular complexity index is 1190. The molecule has 0 atom stereocenters. The molecule has 6 nitrogen and oxygen atoms in total. The molecule has 2 N–H and O–H groups in total. The van der Waals surface area contributed by atoms with Gasteiger partial charge in [0, 0.05) is 23.2 Å². The molecular weight excluding hydrogens is 402 g/mol. The van der Waals surface area contributed by atoms with Crippen molar-refractivity contribution in [2.45, 2.75) is 46.5 Å². The van der Waals surface area contributed by atoms with Crippen molar-refractivity contribution in [2.75, 3.05) is 5.32 Å². The van der Waals surface area contributed by atoms with Crippen molar-refractivity contribution in [3.05, 3.63) is 87.9 Å². The zero-order valence-electron chi connectivity index (χ0n) is 18.6. The highest BCUT2D eigenvalue weighted by molar-refractivity contribution is 6.09. The molecule has 3 aromatic rings. The third-order valence-electron chi connectivity index (χ3n) is 5.69. The Balaban J connectivity index is 1.52. The lowest BCUT2D eigenvalue weighted by molar-refractivity contribution is -0.120. The molecule has 0 saturated heterocycles. The van der Waals surface area contributed by atoms with E-state index in [1.165, 1.54) is 0 Å². The molecule has 2 aromatic carbocycles. The molecule has 4 rings (SSSR count). The summed E-state index contributed by atoms with van der Waals surface area (Å²) in [6, 6.07) is 15.4. The first-order valence-electron chi connectivity index (χ1n) is 10.8. The molecule has 1 aliphatic rings. The first-order chi connectivity index (χ1) is 15.4. The maximum Gasteiger partial charge on any atom is 0.291 e. The molecule has 0 fully saturated rings. The van der Waals surface area contributed by atoms with Gasteiger partial charge in [0.1, 0.15) is 5.76 Å². The fourth-order valence-electron chi connectivity index (χ4n) is 4.08. The summed E-state index contributed by atoms with van der Waals surface area (Å²) in [5.74, 6) is 0.580. The number of benzene rings is 2. The van der Waals surface area contributed by atoms with Crippen LogP contribution >= 0.6 is 0 Å². The molecule has 0 saturated carbocycles. The smallest absolute Gasteiger partial charge is 0.291 e. The van der Waals surface area contributed by atoms with Crippen LogP contribution in [0.25, 0.3) is 0 Å². The minimum absolute atomic E-state index is 0.176. The summed E-state index contributed by atoms with van der Waals surface area (Å²) in [4.78, 5) is 25.3. The van der Waals surface area contributed by atoms with Gasteiger partial charge in [-0.1, -0.05) is 48.0 Å². The quantitative estimate of drug-likeness (QED) is 0.568. The van der Waals surface area contributed by atoms with Crippen molar-refractivity contribution < 1.29 is 14.0 Å². The van der Waals surface area contributed by atoms with Crippen LogP contribution in [0.4, 0.5) is 5.69 Å². The number of nitrogens with zero attached hydrogens (tertiary/aromatic N) is 1. The SMILES string of the molecule is Cc1ccc(NC(=O)c2oc3c(c2C)/C(=N/NC(=O)Cc2ccccc2)CCC3)c(C)c1. The summed E-state index contributed by atoms with van der Waals surface area (Å²) in [5, 5.41) is 7.34. The second kappa shape index (κ2) is 9.22. The lowest BCUT2D eigenvalue weighted by Gasteiger charge is -2.13. The van der Waals surface area contributed by atoms with E-state index in [1.807, 2.05) is 69.3 Å². The van der Waals surface area contributed by atoms with E-state index in [4.69, 9.17) is 4.42 Å². The number of hydrogen-bond donors (Lipinski definition) is 2. The number of carbonyl (C=O) groups is 2. The van der Waals surface area contributed by atoms with Gasteiger partial charge >= 0.3 is 0 Å². The number of aryl methyl sites for hydroxylation is 3. The van der Waals surface area contributed by atoms with E-state index in [0.29, 0.717) is 5.76 Å². The molecule has 1 aromatic heterocycles. The third-order valence-corrected chi connectivity index (χ3v) is 5.69. The first-order valence-corrected chi connectivity index (χ1v) is 10.8. The van der Waals surface area contributed by atoms with Crippen molar-refractivity contribution in [2.24, 2.45) is 5.10 Å². The Morgan fingerprint density at radius 2 is 1.81 bits per heavy atom.